The average molecular weight is 446 g/mol. The molecule has 0 fully saturated rings. The maximum absolute atomic E-state index is 13.3. The van der Waals surface area contributed by atoms with E-state index >= 15 is 0 Å². The minimum atomic E-state index is -4.44. The normalized spacial score (nSPS) is 11.8. The van der Waals surface area contributed by atoms with Crippen LogP contribution in [-0.2, 0) is 19.3 Å². The van der Waals surface area contributed by atoms with Gasteiger partial charge in [-0.3, -0.25) is 4.79 Å². The molecule has 0 saturated carbocycles. The highest BCUT2D eigenvalue weighted by molar-refractivity contribution is 7.19. The molecule has 0 radical (unpaired) electrons. The first-order chi connectivity index (χ1) is 14.7. The molecule has 0 unspecified atom stereocenters. The molecule has 2 aromatic heterocycles. The summed E-state index contributed by atoms with van der Waals surface area (Å²) in [6.45, 7) is 2.31. The SMILES string of the molecule is Cc1cc2c(cc(C(=O)NCc3cccc(C(F)(F)F)c3)n2Cc2ccc(F)cc2)s1. The Bertz CT molecular complexity index is 1240. The predicted octanol–water partition coefficient (Wildman–Crippen LogP) is 6.15. The molecule has 0 spiro atoms. The summed E-state index contributed by atoms with van der Waals surface area (Å²) < 4.78 is 54.8. The van der Waals surface area contributed by atoms with Gasteiger partial charge in [0.15, 0.2) is 0 Å². The number of aryl methyl sites for hydroxylation is 1. The number of amides is 1. The number of halogens is 4. The number of alkyl halides is 3. The molecule has 0 atom stereocenters. The van der Waals surface area contributed by atoms with E-state index in [1.165, 1.54) is 24.3 Å². The van der Waals surface area contributed by atoms with Crippen molar-refractivity contribution in [3.05, 3.63) is 93.7 Å². The lowest BCUT2D eigenvalue weighted by atomic mass is 10.1. The van der Waals surface area contributed by atoms with Gasteiger partial charge in [0, 0.05) is 18.0 Å². The van der Waals surface area contributed by atoms with Crippen molar-refractivity contribution in [2.24, 2.45) is 0 Å². The van der Waals surface area contributed by atoms with Crippen LogP contribution < -0.4 is 5.32 Å². The first-order valence-corrected chi connectivity index (χ1v) is 10.3. The molecule has 160 valence electrons. The van der Waals surface area contributed by atoms with E-state index in [1.807, 2.05) is 17.6 Å². The van der Waals surface area contributed by atoms with E-state index in [1.54, 1.807) is 29.5 Å². The Labute approximate surface area is 179 Å². The van der Waals surface area contributed by atoms with Crippen LogP contribution in [0.25, 0.3) is 10.2 Å². The molecule has 8 heteroatoms. The Hall–Kier alpha value is -3.13. The first-order valence-electron chi connectivity index (χ1n) is 9.49. The summed E-state index contributed by atoms with van der Waals surface area (Å²) in [5, 5.41) is 2.71. The van der Waals surface area contributed by atoms with Crippen LogP contribution >= 0.6 is 11.3 Å². The Balaban J connectivity index is 1.59. The summed E-state index contributed by atoms with van der Waals surface area (Å²) in [6, 6.07) is 14.7. The maximum Gasteiger partial charge on any atom is 0.416 e. The lowest BCUT2D eigenvalue weighted by Crippen LogP contribution is -2.25. The van der Waals surface area contributed by atoms with Gasteiger partial charge in [0.1, 0.15) is 11.5 Å². The number of rotatable bonds is 5. The molecular weight excluding hydrogens is 428 g/mol. The molecular formula is C23H18F4N2OS. The number of carbonyl (C=O) groups excluding carboxylic acids is 1. The molecule has 4 aromatic rings. The number of nitrogens with zero attached hydrogens (tertiary/aromatic N) is 1. The summed E-state index contributed by atoms with van der Waals surface area (Å²) >= 11 is 1.55. The molecule has 0 aliphatic heterocycles. The second-order valence-electron chi connectivity index (χ2n) is 7.23. The second kappa shape index (κ2) is 8.19. The molecule has 0 saturated heterocycles. The van der Waals surface area contributed by atoms with Crippen LogP contribution in [0.2, 0.25) is 0 Å². The van der Waals surface area contributed by atoms with E-state index in [9.17, 15) is 22.4 Å². The lowest BCUT2D eigenvalue weighted by molar-refractivity contribution is -0.137. The van der Waals surface area contributed by atoms with Crippen molar-refractivity contribution < 1.29 is 22.4 Å². The fourth-order valence-corrected chi connectivity index (χ4v) is 4.39. The molecule has 0 bridgehead atoms. The average Bonchev–Trinajstić information content (AvgIpc) is 3.24. The maximum atomic E-state index is 13.3. The zero-order chi connectivity index (χ0) is 22.2. The van der Waals surface area contributed by atoms with Gasteiger partial charge in [-0.1, -0.05) is 24.3 Å². The fraction of sp³-hybridized carbons (Fsp3) is 0.174. The highest BCUT2D eigenvalue weighted by Gasteiger charge is 2.30. The monoisotopic (exact) mass is 446 g/mol. The van der Waals surface area contributed by atoms with Crippen LogP contribution in [0.1, 0.15) is 32.1 Å². The van der Waals surface area contributed by atoms with Gasteiger partial charge in [0.25, 0.3) is 5.91 Å². The van der Waals surface area contributed by atoms with Gasteiger partial charge < -0.3 is 9.88 Å². The van der Waals surface area contributed by atoms with Crippen LogP contribution in [-0.4, -0.2) is 10.5 Å². The number of fused-ring (bicyclic) bond motifs is 1. The molecule has 1 amide bonds. The largest absolute Gasteiger partial charge is 0.416 e. The minimum absolute atomic E-state index is 0.0306. The van der Waals surface area contributed by atoms with Gasteiger partial charge in [0.05, 0.1) is 15.8 Å². The van der Waals surface area contributed by atoms with E-state index in [0.29, 0.717) is 17.8 Å². The third-order valence-electron chi connectivity index (χ3n) is 4.91. The van der Waals surface area contributed by atoms with Gasteiger partial charge in [-0.2, -0.15) is 13.2 Å². The third kappa shape index (κ3) is 4.64. The summed E-state index contributed by atoms with van der Waals surface area (Å²) in [5.41, 5.74) is 1.72. The molecule has 2 aromatic carbocycles. The Kier molecular flexibility index (Phi) is 5.58. The molecule has 31 heavy (non-hydrogen) atoms. The van der Waals surface area contributed by atoms with Gasteiger partial charge in [-0.15, -0.1) is 11.3 Å². The smallest absolute Gasteiger partial charge is 0.347 e. The fourth-order valence-electron chi connectivity index (χ4n) is 3.43. The molecule has 4 rings (SSSR count). The Morgan fingerprint density at radius 3 is 2.48 bits per heavy atom. The highest BCUT2D eigenvalue weighted by atomic mass is 32.1. The molecule has 0 aliphatic rings. The predicted molar refractivity (Wildman–Crippen MR) is 113 cm³/mol. The number of aromatic nitrogens is 1. The van der Waals surface area contributed by atoms with Gasteiger partial charge >= 0.3 is 6.18 Å². The number of thiophene rings is 1. The highest BCUT2D eigenvalue weighted by Crippen LogP contribution is 2.31. The quantitative estimate of drug-likeness (QED) is 0.367. The van der Waals surface area contributed by atoms with Crippen LogP contribution in [0.4, 0.5) is 17.6 Å². The second-order valence-corrected chi connectivity index (χ2v) is 8.52. The number of benzene rings is 2. The number of hydrogen-bond acceptors (Lipinski definition) is 2. The van der Waals surface area contributed by atoms with Crippen LogP contribution in [0, 0.1) is 12.7 Å². The topological polar surface area (TPSA) is 34.0 Å². The van der Waals surface area contributed by atoms with Crippen molar-refractivity contribution in [1.29, 1.82) is 0 Å². The van der Waals surface area contributed by atoms with E-state index in [2.05, 4.69) is 5.32 Å². The summed E-state index contributed by atoms with van der Waals surface area (Å²) in [4.78, 5) is 14.0. The first kappa shape index (κ1) is 21.1. The molecule has 3 nitrogen and oxygen atoms in total. The zero-order valence-corrected chi connectivity index (χ0v) is 17.3. The Morgan fingerprint density at radius 2 is 1.77 bits per heavy atom. The summed E-state index contributed by atoms with van der Waals surface area (Å²) in [5.74, 6) is -0.729. The van der Waals surface area contributed by atoms with E-state index in [4.69, 9.17) is 0 Å². The lowest BCUT2D eigenvalue weighted by Gasteiger charge is -2.12. The minimum Gasteiger partial charge on any atom is -0.347 e. The Morgan fingerprint density at radius 1 is 1.03 bits per heavy atom. The summed E-state index contributed by atoms with van der Waals surface area (Å²) in [6.07, 6.45) is -4.44. The van der Waals surface area contributed by atoms with Crippen LogP contribution in [0.15, 0.2) is 60.7 Å². The van der Waals surface area contributed by atoms with Crippen molar-refractivity contribution >= 4 is 27.5 Å². The van der Waals surface area contributed by atoms with Crippen LogP contribution in [0.5, 0.6) is 0 Å². The van der Waals surface area contributed by atoms with Crippen LogP contribution in [0.3, 0.4) is 0 Å². The van der Waals surface area contributed by atoms with E-state index < -0.39 is 11.7 Å². The number of hydrogen-bond donors (Lipinski definition) is 1. The van der Waals surface area contributed by atoms with Crippen molar-refractivity contribution in [3.63, 3.8) is 0 Å². The standard InChI is InChI=1S/C23H18F4N2OS/c1-14-9-19-21(31-14)11-20(29(19)13-15-5-7-18(24)8-6-15)22(30)28-12-16-3-2-4-17(10-16)23(25,26)27/h2-11H,12-13H2,1H3,(H,28,30). The van der Waals surface area contributed by atoms with Crippen molar-refractivity contribution in [1.82, 2.24) is 9.88 Å². The van der Waals surface area contributed by atoms with Crippen molar-refractivity contribution in [3.8, 4) is 0 Å². The van der Waals surface area contributed by atoms with Gasteiger partial charge in [0.2, 0.25) is 0 Å². The van der Waals surface area contributed by atoms with Crippen molar-refractivity contribution in [2.75, 3.05) is 0 Å². The zero-order valence-electron chi connectivity index (χ0n) is 16.5. The molecule has 0 aliphatic carbocycles. The molecule has 2 heterocycles. The molecule has 1 N–H and O–H groups in total. The third-order valence-corrected chi connectivity index (χ3v) is 5.89. The van der Waals surface area contributed by atoms with E-state index in [-0.39, 0.29) is 18.3 Å². The van der Waals surface area contributed by atoms with Gasteiger partial charge in [-0.05, 0) is 54.4 Å². The summed E-state index contributed by atoms with van der Waals surface area (Å²) in [7, 11) is 0. The van der Waals surface area contributed by atoms with Gasteiger partial charge in [-0.25, -0.2) is 4.39 Å². The van der Waals surface area contributed by atoms with Crippen molar-refractivity contribution in [2.45, 2.75) is 26.2 Å². The number of carbonyl (C=O) groups is 1. The number of nitrogens with one attached hydrogen (secondary N) is 1. The van der Waals surface area contributed by atoms with E-state index in [0.717, 1.165) is 32.8 Å².